The van der Waals surface area contributed by atoms with Crippen molar-refractivity contribution in [3.05, 3.63) is 29.8 Å². The fourth-order valence-electron chi connectivity index (χ4n) is 1.24. The third kappa shape index (κ3) is 4.13. The molecule has 82 valence electrons. The number of ketones is 1. The van der Waals surface area contributed by atoms with Gasteiger partial charge in [0, 0.05) is 5.56 Å². The summed E-state index contributed by atoms with van der Waals surface area (Å²) in [4.78, 5) is 11.1. The fourth-order valence-corrected chi connectivity index (χ4v) is 1.24. The summed E-state index contributed by atoms with van der Waals surface area (Å²) in [7, 11) is 0. The van der Waals surface area contributed by atoms with Crippen LogP contribution in [0.2, 0.25) is 0 Å². The molecule has 0 fully saturated rings. The van der Waals surface area contributed by atoms with Gasteiger partial charge < -0.3 is 10.5 Å². The second-order valence-electron chi connectivity index (χ2n) is 3.43. The van der Waals surface area contributed by atoms with Crippen molar-refractivity contribution >= 4 is 5.78 Å². The molecule has 0 unspecified atom stereocenters. The summed E-state index contributed by atoms with van der Waals surface area (Å²) < 4.78 is 5.49. The summed E-state index contributed by atoms with van der Waals surface area (Å²) >= 11 is 0. The molecule has 3 nitrogen and oxygen atoms in total. The van der Waals surface area contributed by atoms with E-state index in [0.717, 1.165) is 18.6 Å². The molecular weight excluding hydrogens is 190 g/mol. The monoisotopic (exact) mass is 207 g/mol. The molecule has 0 radical (unpaired) electrons. The Balaban J connectivity index is 2.47. The van der Waals surface area contributed by atoms with Gasteiger partial charge in [-0.15, -0.1) is 0 Å². The van der Waals surface area contributed by atoms with Crippen molar-refractivity contribution in [1.82, 2.24) is 0 Å². The smallest absolute Gasteiger partial charge is 0.159 e. The normalized spacial score (nSPS) is 10.0. The minimum absolute atomic E-state index is 0.0578. The molecule has 0 aliphatic carbocycles. The molecule has 0 amide bonds. The van der Waals surface area contributed by atoms with Gasteiger partial charge in [-0.2, -0.15) is 0 Å². The van der Waals surface area contributed by atoms with Crippen LogP contribution in [0.15, 0.2) is 24.3 Å². The number of rotatable bonds is 6. The van der Waals surface area contributed by atoms with Crippen LogP contribution in [0.1, 0.15) is 30.1 Å². The summed E-state index contributed by atoms with van der Waals surface area (Å²) in [5.41, 5.74) is 6.06. The lowest BCUT2D eigenvalue weighted by Crippen LogP contribution is -2.03. The average molecular weight is 207 g/mol. The lowest BCUT2D eigenvalue weighted by atomic mass is 10.1. The Morgan fingerprint density at radius 2 is 2.20 bits per heavy atom. The van der Waals surface area contributed by atoms with Gasteiger partial charge in [0.1, 0.15) is 5.75 Å². The van der Waals surface area contributed by atoms with Gasteiger partial charge in [-0.3, -0.25) is 4.79 Å². The fraction of sp³-hybridized carbons (Fsp3) is 0.417. The summed E-state index contributed by atoms with van der Waals surface area (Å²) in [6.45, 7) is 2.89. The molecule has 0 bridgehead atoms. The molecule has 0 heterocycles. The van der Waals surface area contributed by atoms with E-state index in [9.17, 15) is 4.79 Å². The van der Waals surface area contributed by atoms with Gasteiger partial charge in [0.25, 0.3) is 0 Å². The zero-order valence-corrected chi connectivity index (χ0v) is 9.03. The first kappa shape index (κ1) is 11.7. The predicted molar refractivity (Wildman–Crippen MR) is 60.2 cm³/mol. The van der Waals surface area contributed by atoms with Crippen molar-refractivity contribution in [3.63, 3.8) is 0 Å². The molecule has 1 aromatic rings. The summed E-state index contributed by atoms with van der Waals surface area (Å²) in [5.74, 6) is 0.808. The number of ether oxygens (including phenoxy) is 1. The van der Waals surface area contributed by atoms with Crippen LogP contribution >= 0.6 is 0 Å². The van der Waals surface area contributed by atoms with Crippen LogP contribution < -0.4 is 10.5 Å². The summed E-state index contributed by atoms with van der Waals surface area (Å²) in [6, 6.07) is 7.24. The van der Waals surface area contributed by atoms with Gasteiger partial charge in [0.15, 0.2) is 5.78 Å². The Morgan fingerprint density at radius 1 is 1.40 bits per heavy atom. The molecular formula is C12H17NO2. The van der Waals surface area contributed by atoms with Crippen LogP contribution in [0, 0.1) is 0 Å². The molecule has 1 aromatic carbocycles. The van der Waals surface area contributed by atoms with E-state index in [1.54, 1.807) is 19.1 Å². The molecule has 0 aliphatic heterocycles. The Labute approximate surface area is 90.2 Å². The number of hydrogen-bond acceptors (Lipinski definition) is 3. The molecule has 0 saturated carbocycles. The predicted octanol–water partition coefficient (Wildman–Crippen LogP) is 2.01. The van der Waals surface area contributed by atoms with Crippen molar-refractivity contribution in [2.24, 2.45) is 5.73 Å². The van der Waals surface area contributed by atoms with E-state index in [0.29, 0.717) is 18.7 Å². The SMILES string of the molecule is CC(=O)c1cccc(OCCCCN)c1. The highest BCUT2D eigenvalue weighted by atomic mass is 16.5. The third-order valence-corrected chi connectivity index (χ3v) is 2.11. The molecule has 0 atom stereocenters. The van der Waals surface area contributed by atoms with Crippen molar-refractivity contribution in [1.29, 1.82) is 0 Å². The van der Waals surface area contributed by atoms with Gasteiger partial charge in [0.2, 0.25) is 0 Å². The maximum atomic E-state index is 11.1. The topological polar surface area (TPSA) is 52.3 Å². The van der Waals surface area contributed by atoms with E-state index in [1.807, 2.05) is 12.1 Å². The maximum absolute atomic E-state index is 11.1. The molecule has 0 saturated heterocycles. The minimum Gasteiger partial charge on any atom is -0.494 e. The van der Waals surface area contributed by atoms with Crippen LogP contribution in [0.4, 0.5) is 0 Å². The molecule has 3 heteroatoms. The molecule has 15 heavy (non-hydrogen) atoms. The average Bonchev–Trinajstić information content (AvgIpc) is 2.25. The number of unbranched alkanes of at least 4 members (excludes halogenated alkanes) is 1. The number of carbonyl (C=O) groups is 1. The van der Waals surface area contributed by atoms with E-state index in [-0.39, 0.29) is 5.78 Å². The van der Waals surface area contributed by atoms with E-state index in [4.69, 9.17) is 10.5 Å². The first-order valence-corrected chi connectivity index (χ1v) is 5.18. The zero-order chi connectivity index (χ0) is 11.1. The quantitative estimate of drug-likeness (QED) is 0.573. The molecule has 0 spiro atoms. The summed E-state index contributed by atoms with van der Waals surface area (Å²) in [6.07, 6.45) is 1.91. The van der Waals surface area contributed by atoms with Crippen molar-refractivity contribution in [2.75, 3.05) is 13.2 Å². The highest BCUT2D eigenvalue weighted by molar-refractivity contribution is 5.94. The second kappa shape index (κ2) is 6.19. The lowest BCUT2D eigenvalue weighted by molar-refractivity contribution is 0.101. The van der Waals surface area contributed by atoms with Crippen LogP contribution in [-0.4, -0.2) is 18.9 Å². The Kier molecular flexibility index (Phi) is 4.84. The maximum Gasteiger partial charge on any atom is 0.159 e. The first-order valence-electron chi connectivity index (χ1n) is 5.18. The van der Waals surface area contributed by atoms with E-state index >= 15 is 0 Å². The van der Waals surface area contributed by atoms with E-state index in [2.05, 4.69) is 0 Å². The van der Waals surface area contributed by atoms with Gasteiger partial charge in [-0.1, -0.05) is 12.1 Å². The number of Topliss-reactive ketones (excluding diaryl/α,β-unsaturated/α-hetero) is 1. The Bertz CT molecular complexity index is 323. The van der Waals surface area contributed by atoms with Gasteiger partial charge >= 0.3 is 0 Å². The molecule has 1 rings (SSSR count). The molecule has 2 N–H and O–H groups in total. The van der Waals surface area contributed by atoms with Crippen LogP contribution in [-0.2, 0) is 0 Å². The number of benzene rings is 1. The van der Waals surface area contributed by atoms with Crippen molar-refractivity contribution < 1.29 is 9.53 Å². The van der Waals surface area contributed by atoms with Crippen LogP contribution in [0.3, 0.4) is 0 Å². The van der Waals surface area contributed by atoms with E-state index in [1.165, 1.54) is 0 Å². The third-order valence-electron chi connectivity index (χ3n) is 2.11. The number of nitrogens with two attached hydrogens (primary N) is 1. The van der Waals surface area contributed by atoms with Crippen LogP contribution in [0.5, 0.6) is 5.75 Å². The Hall–Kier alpha value is -1.35. The number of carbonyl (C=O) groups excluding carboxylic acids is 1. The van der Waals surface area contributed by atoms with Gasteiger partial charge in [0.05, 0.1) is 6.61 Å². The zero-order valence-electron chi connectivity index (χ0n) is 9.03. The lowest BCUT2D eigenvalue weighted by Gasteiger charge is -2.06. The van der Waals surface area contributed by atoms with Crippen molar-refractivity contribution in [3.8, 4) is 5.75 Å². The summed E-state index contributed by atoms with van der Waals surface area (Å²) in [5, 5.41) is 0. The minimum atomic E-state index is 0.0578. The first-order chi connectivity index (χ1) is 7.24. The molecule has 0 aliphatic rings. The highest BCUT2D eigenvalue weighted by Gasteiger charge is 2.00. The Morgan fingerprint density at radius 3 is 2.87 bits per heavy atom. The largest absolute Gasteiger partial charge is 0.494 e. The standard InChI is InChI=1S/C12H17NO2/c1-10(14)11-5-4-6-12(9-11)15-8-3-2-7-13/h4-6,9H,2-3,7-8,13H2,1H3. The number of hydrogen-bond donors (Lipinski definition) is 1. The van der Waals surface area contributed by atoms with Gasteiger partial charge in [-0.25, -0.2) is 0 Å². The second-order valence-corrected chi connectivity index (χ2v) is 3.43. The van der Waals surface area contributed by atoms with Crippen LogP contribution in [0.25, 0.3) is 0 Å². The molecule has 0 aromatic heterocycles. The van der Waals surface area contributed by atoms with E-state index < -0.39 is 0 Å². The van der Waals surface area contributed by atoms with Crippen molar-refractivity contribution in [2.45, 2.75) is 19.8 Å². The highest BCUT2D eigenvalue weighted by Crippen LogP contribution is 2.13. The van der Waals surface area contributed by atoms with Gasteiger partial charge in [-0.05, 0) is 38.4 Å².